The van der Waals surface area contributed by atoms with Gasteiger partial charge in [0, 0.05) is 30.7 Å². The zero-order valence-corrected chi connectivity index (χ0v) is 9.31. The van der Waals surface area contributed by atoms with Crippen molar-refractivity contribution < 1.29 is 0 Å². The summed E-state index contributed by atoms with van der Waals surface area (Å²) in [6.45, 7) is 2.47. The Balaban J connectivity index is 1.95. The van der Waals surface area contributed by atoms with E-state index in [1.54, 1.807) is 0 Å². The van der Waals surface area contributed by atoms with Crippen LogP contribution in [0.25, 0.3) is 0 Å². The minimum absolute atomic E-state index is 1.18. The number of nitrogens with one attached hydrogen (secondary N) is 1. The molecule has 3 heteroatoms. The van der Waals surface area contributed by atoms with Gasteiger partial charge < -0.3 is 5.32 Å². The maximum absolute atomic E-state index is 3.12. The average molecular weight is 208 g/mol. The van der Waals surface area contributed by atoms with Crippen LogP contribution in [-0.4, -0.2) is 24.4 Å². The first-order chi connectivity index (χ1) is 6.88. The Kier molecular flexibility index (Phi) is 3.32. The second-order valence-electron chi connectivity index (χ2n) is 3.50. The molecule has 0 aromatic heterocycles. The Hall–Kier alpha value is -0.670. The molecule has 0 amide bonds. The van der Waals surface area contributed by atoms with Gasteiger partial charge in [-0.25, -0.2) is 4.31 Å². The first-order valence-electron chi connectivity index (χ1n) is 5.09. The monoisotopic (exact) mass is 208 g/mol. The summed E-state index contributed by atoms with van der Waals surface area (Å²) in [5, 5.41) is 3.12. The van der Waals surface area contributed by atoms with E-state index in [0.29, 0.717) is 0 Å². The number of nitrogens with zero attached hydrogens (tertiary/aromatic N) is 1. The molecule has 1 fully saturated rings. The fourth-order valence-electron chi connectivity index (χ4n) is 1.61. The minimum Gasteiger partial charge on any atom is -0.388 e. The normalized spacial score (nSPS) is 17.2. The van der Waals surface area contributed by atoms with Crippen LogP contribution < -0.4 is 5.32 Å². The van der Waals surface area contributed by atoms with E-state index in [-0.39, 0.29) is 0 Å². The lowest BCUT2D eigenvalue weighted by Crippen LogP contribution is -2.08. The van der Waals surface area contributed by atoms with Crippen LogP contribution in [0.3, 0.4) is 0 Å². The van der Waals surface area contributed by atoms with Crippen LogP contribution in [0.2, 0.25) is 0 Å². The van der Waals surface area contributed by atoms with Crippen LogP contribution in [0.4, 0.5) is 5.69 Å². The Morgan fingerprint density at radius 3 is 2.36 bits per heavy atom. The average Bonchev–Trinajstić information content (AvgIpc) is 2.72. The molecule has 0 bridgehead atoms. The fourth-order valence-corrected chi connectivity index (χ4v) is 2.61. The molecule has 2 rings (SSSR count). The van der Waals surface area contributed by atoms with Crippen molar-refractivity contribution in [3.63, 3.8) is 0 Å². The largest absolute Gasteiger partial charge is 0.388 e. The zero-order chi connectivity index (χ0) is 9.80. The van der Waals surface area contributed by atoms with Crippen molar-refractivity contribution in [2.24, 2.45) is 0 Å². The topological polar surface area (TPSA) is 15.3 Å². The predicted molar refractivity (Wildman–Crippen MR) is 62.7 cm³/mol. The van der Waals surface area contributed by atoms with Crippen LogP contribution in [0, 0.1) is 0 Å². The molecule has 1 saturated heterocycles. The van der Waals surface area contributed by atoms with Gasteiger partial charge in [-0.2, -0.15) is 0 Å². The van der Waals surface area contributed by atoms with E-state index < -0.39 is 0 Å². The molecule has 1 aromatic carbocycles. The van der Waals surface area contributed by atoms with Gasteiger partial charge in [-0.15, -0.1) is 0 Å². The Bertz CT molecular complexity index is 278. The predicted octanol–water partition coefficient (Wildman–Crippen LogP) is 2.83. The quantitative estimate of drug-likeness (QED) is 0.769. The molecule has 1 aliphatic rings. The van der Waals surface area contributed by atoms with E-state index in [2.05, 4.69) is 33.9 Å². The summed E-state index contributed by atoms with van der Waals surface area (Å²) in [6.07, 6.45) is 2.70. The second-order valence-corrected chi connectivity index (χ2v) is 4.67. The molecular weight excluding hydrogens is 192 g/mol. The van der Waals surface area contributed by atoms with Crippen LogP contribution >= 0.6 is 11.9 Å². The SMILES string of the molecule is CNc1ccc(SN2CCCC2)cc1. The van der Waals surface area contributed by atoms with E-state index in [9.17, 15) is 0 Å². The van der Waals surface area contributed by atoms with E-state index in [4.69, 9.17) is 0 Å². The summed E-state index contributed by atoms with van der Waals surface area (Å²) in [7, 11) is 1.95. The van der Waals surface area contributed by atoms with Crippen molar-refractivity contribution in [3.05, 3.63) is 24.3 Å². The summed E-state index contributed by atoms with van der Waals surface area (Å²) >= 11 is 1.88. The number of benzene rings is 1. The van der Waals surface area contributed by atoms with Crippen molar-refractivity contribution in [2.75, 3.05) is 25.5 Å². The molecule has 0 atom stereocenters. The first-order valence-corrected chi connectivity index (χ1v) is 5.86. The molecule has 1 aromatic rings. The standard InChI is InChI=1S/C11H16N2S/c1-12-10-4-6-11(7-5-10)14-13-8-2-3-9-13/h4-7,12H,2-3,8-9H2,1H3. The number of rotatable bonds is 3. The Morgan fingerprint density at radius 1 is 1.14 bits per heavy atom. The molecule has 1 N–H and O–H groups in total. The van der Waals surface area contributed by atoms with Crippen molar-refractivity contribution in [2.45, 2.75) is 17.7 Å². The van der Waals surface area contributed by atoms with Gasteiger partial charge in [0.1, 0.15) is 0 Å². The van der Waals surface area contributed by atoms with E-state index in [1.807, 2.05) is 19.0 Å². The lowest BCUT2D eigenvalue weighted by molar-refractivity contribution is 0.586. The minimum atomic E-state index is 1.18. The van der Waals surface area contributed by atoms with Crippen molar-refractivity contribution >= 4 is 17.6 Å². The molecule has 0 saturated carbocycles. The summed E-state index contributed by atoms with van der Waals surface area (Å²) in [6, 6.07) is 8.60. The van der Waals surface area contributed by atoms with Gasteiger partial charge in [0.25, 0.3) is 0 Å². The first kappa shape index (κ1) is 9.87. The van der Waals surface area contributed by atoms with Crippen molar-refractivity contribution in [1.29, 1.82) is 0 Å². The highest BCUT2D eigenvalue weighted by molar-refractivity contribution is 7.97. The molecule has 14 heavy (non-hydrogen) atoms. The van der Waals surface area contributed by atoms with Crippen molar-refractivity contribution in [1.82, 2.24) is 4.31 Å². The molecule has 0 spiro atoms. The lowest BCUT2D eigenvalue weighted by Gasteiger charge is -2.13. The highest BCUT2D eigenvalue weighted by Crippen LogP contribution is 2.27. The van der Waals surface area contributed by atoms with Gasteiger partial charge in [0.15, 0.2) is 0 Å². The molecule has 0 radical (unpaired) electrons. The smallest absolute Gasteiger partial charge is 0.0338 e. The van der Waals surface area contributed by atoms with Crippen LogP contribution in [0.5, 0.6) is 0 Å². The third-order valence-electron chi connectivity index (χ3n) is 2.44. The van der Waals surface area contributed by atoms with Crippen molar-refractivity contribution in [3.8, 4) is 0 Å². The second kappa shape index (κ2) is 4.71. The molecule has 76 valence electrons. The van der Waals surface area contributed by atoms with E-state index in [1.165, 1.54) is 36.5 Å². The third-order valence-corrected chi connectivity index (χ3v) is 3.55. The maximum atomic E-state index is 3.12. The number of anilines is 1. The third kappa shape index (κ3) is 2.42. The van der Waals surface area contributed by atoms with Gasteiger partial charge in [0.2, 0.25) is 0 Å². The maximum Gasteiger partial charge on any atom is 0.0338 e. The molecule has 0 unspecified atom stereocenters. The molecule has 2 nitrogen and oxygen atoms in total. The van der Waals surface area contributed by atoms with Gasteiger partial charge in [0.05, 0.1) is 0 Å². The van der Waals surface area contributed by atoms with Crippen LogP contribution in [0.1, 0.15) is 12.8 Å². The van der Waals surface area contributed by atoms with Gasteiger partial charge in [-0.05, 0) is 49.1 Å². The van der Waals surface area contributed by atoms with Gasteiger partial charge >= 0.3 is 0 Å². The highest BCUT2D eigenvalue weighted by Gasteiger charge is 2.12. The van der Waals surface area contributed by atoms with E-state index >= 15 is 0 Å². The zero-order valence-electron chi connectivity index (χ0n) is 8.49. The lowest BCUT2D eigenvalue weighted by atomic mass is 10.3. The summed E-state index contributed by atoms with van der Waals surface area (Å²) in [4.78, 5) is 1.34. The molecule has 0 aliphatic carbocycles. The Morgan fingerprint density at radius 2 is 1.79 bits per heavy atom. The fraction of sp³-hybridized carbons (Fsp3) is 0.455. The molecule has 1 aliphatic heterocycles. The summed E-state index contributed by atoms with van der Waals surface area (Å²) in [5.41, 5.74) is 1.18. The van der Waals surface area contributed by atoms with Crippen LogP contribution in [-0.2, 0) is 0 Å². The summed E-state index contributed by atoms with van der Waals surface area (Å²) < 4.78 is 2.44. The van der Waals surface area contributed by atoms with Gasteiger partial charge in [-0.1, -0.05) is 0 Å². The highest BCUT2D eigenvalue weighted by atomic mass is 32.2. The number of hydrogen-bond donors (Lipinski definition) is 1. The van der Waals surface area contributed by atoms with Gasteiger partial charge in [-0.3, -0.25) is 0 Å². The molecular formula is C11H16N2S. The molecule has 1 heterocycles. The van der Waals surface area contributed by atoms with E-state index in [0.717, 1.165) is 0 Å². The summed E-state index contributed by atoms with van der Waals surface area (Å²) in [5.74, 6) is 0. The number of hydrogen-bond acceptors (Lipinski definition) is 3. The van der Waals surface area contributed by atoms with Crippen LogP contribution in [0.15, 0.2) is 29.2 Å². The Labute approximate surface area is 89.8 Å².